The summed E-state index contributed by atoms with van der Waals surface area (Å²) in [6.45, 7) is 6.11. The number of benzene rings is 1. The zero-order valence-electron chi connectivity index (χ0n) is 11.6. The number of nitrogens with zero attached hydrogens (tertiary/aromatic N) is 1. The molecule has 0 aliphatic rings. The minimum atomic E-state index is 0.0732. The predicted molar refractivity (Wildman–Crippen MR) is 77.9 cm³/mol. The van der Waals surface area contributed by atoms with Crippen molar-refractivity contribution >= 4 is 5.69 Å². The molecule has 0 aliphatic heterocycles. The molecule has 1 atom stereocenters. The maximum absolute atomic E-state index is 9.21. The van der Waals surface area contributed by atoms with E-state index in [4.69, 9.17) is 5.73 Å². The van der Waals surface area contributed by atoms with Gasteiger partial charge in [0, 0.05) is 24.8 Å². The van der Waals surface area contributed by atoms with Gasteiger partial charge in [0.1, 0.15) is 0 Å². The Hall–Kier alpha value is -1.06. The van der Waals surface area contributed by atoms with Crippen molar-refractivity contribution in [3.8, 4) is 0 Å². The number of hydrogen-bond acceptors (Lipinski definition) is 3. The molecule has 102 valence electrons. The Morgan fingerprint density at radius 3 is 2.56 bits per heavy atom. The fraction of sp³-hybridized carbons (Fsp3) is 0.600. The molecule has 1 aromatic carbocycles. The van der Waals surface area contributed by atoms with Crippen LogP contribution in [0.15, 0.2) is 24.3 Å². The van der Waals surface area contributed by atoms with Gasteiger partial charge in [-0.3, -0.25) is 0 Å². The van der Waals surface area contributed by atoms with Gasteiger partial charge in [-0.05, 0) is 24.5 Å². The number of para-hydroxylation sites is 1. The first-order valence-corrected chi connectivity index (χ1v) is 6.94. The van der Waals surface area contributed by atoms with E-state index in [-0.39, 0.29) is 12.6 Å². The quantitative estimate of drug-likeness (QED) is 0.746. The van der Waals surface area contributed by atoms with Crippen LogP contribution in [0.25, 0.3) is 0 Å². The summed E-state index contributed by atoms with van der Waals surface area (Å²) in [5.41, 5.74) is 8.53. The van der Waals surface area contributed by atoms with E-state index in [0.29, 0.717) is 6.54 Å². The van der Waals surface area contributed by atoms with Crippen LogP contribution in [0, 0.1) is 0 Å². The van der Waals surface area contributed by atoms with Crippen LogP contribution in [-0.4, -0.2) is 24.8 Å². The van der Waals surface area contributed by atoms with E-state index >= 15 is 0 Å². The van der Waals surface area contributed by atoms with E-state index < -0.39 is 0 Å². The minimum Gasteiger partial charge on any atom is -0.395 e. The van der Waals surface area contributed by atoms with Crippen molar-refractivity contribution in [2.24, 2.45) is 5.73 Å². The standard InChI is InChI=1S/C15H26N2O/c1-3-5-10-17(11-12-18)15-9-7-6-8-13(15)14(16)4-2/h6-9,14,18H,3-5,10-12,16H2,1-2H3/t14-/m0/s1. The zero-order chi connectivity index (χ0) is 13.4. The Kier molecular flexibility index (Phi) is 6.76. The average molecular weight is 250 g/mol. The van der Waals surface area contributed by atoms with Crippen LogP contribution >= 0.6 is 0 Å². The number of aliphatic hydroxyl groups is 1. The average Bonchev–Trinajstić information content (AvgIpc) is 2.42. The summed E-state index contributed by atoms with van der Waals surface area (Å²) < 4.78 is 0. The molecule has 0 aromatic heterocycles. The lowest BCUT2D eigenvalue weighted by Gasteiger charge is -2.28. The van der Waals surface area contributed by atoms with Gasteiger partial charge in [-0.25, -0.2) is 0 Å². The maximum atomic E-state index is 9.21. The molecule has 0 fully saturated rings. The SMILES string of the molecule is CCCCN(CCO)c1ccccc1[C@@H](N)CC. The van der Waals surface area contributed by atoms with Crippen molar-refractivity contribution in [1.82, 2.24) is 0 Å². The highest BCUT2D eigenvalue weighted by Gasteiger charge is 2.13. The molecule has 0 bridgehead atoms. The Bertz CT molecular complexity index is 341. The topological polar surface area (TPSA) is 49.5 Å². The lowest BCUT2D eigenvalue weighted by molar-refractivity contribution is 0.301. The van der Waals surface area contributed by atoms with Crippen LogP contribution in [0.4, 0.5) is 5.69 Å². The molecular weight excluding hydrogens is 224 g/mol. The highest BCUT2D eigenvalue weighted by molar-refractivity contribution is 5.55. The summed E-state index contributed by atoms with van der Waals surface area (Å²) in [6, 6.07) is 8.35. The molecule has 0 amide bonds. The number of rotatable bonds is 8. The van der Waals surface area contributed by atoms with Crippen molar-refractivity contribution in [3.63, 3.8) is 0 Å². The largest absolute Gasteiger partial charge is 0.395 e. The van der Waals surface area contributed by atoms with Crippen molar-refractivity contribution < 1.29 is 5.11 Å². The molecule has 0 radical (unpaired) electrons. The number of hydrogen-bond donors (Lipinski definition) is 2. The maximum Gasteiger partial charge on any atom is 0.0606 e. The molecule has 1 rings (SSSR count). The zero-order valence-corrected chi connectivity index (χ0v) is 11.6. The first-order chi connectivity index (χ1) is 8.74. The molecule has 0 spiro atoms. The van der Waals surface area contributed by atoms with Gasteiger partial charge in [0.25, 0.3) is 0 Å². The van der Waals surface area contributed by atoms with E-state index in [1.165, 1.54) is 11.3 Å². The van der Waals surface area contributed by atoms with Crippen LogP contribution in [0.5, 0.6) is 0 Å². The molecule has 0 unspecified atom stereocenters. The lowest BCUT2D eigenvalue weighted by atomic mass is 10.0. The second-order valence-corrected chi connectivity index (χ2v) is 4.64. The van der Waals surface area contributed by atoms with Crippen LogP contribution in [-0.2, 0) is 0 Å². The third-order valence-electron chi connectivity index (χ3n) is 3.27. The molecule has 1 aromatic rings. The molecule has 0 heterocycles. The Morgan fingerprint density at radius 1 is 1.22 bits per heavy atom. The Balaban J connectivity index is 2.94. The number of unbranched alkanes of at least 4 members (excludes halogenated alkanes) is 1. The number of nitrogens with two attached hydrogens (primary N) is 1. The van der Waals surface area contributed by atoms with Crippen LogP contribution in [0.2, 0.25) is 0 Å². The highest BCUT2D eigenvalue weighted by Crippen LogP contribution is 2.26. The van der Waals surface area contributed by atoms with Gasteiger partial charge in [-0.15, -0.1) is 0 Å². The molecule has 18 heavy (non-hydrogen) atoms. The van der Waals surface area contributed by atoms with Crippen LogP contribution in [0.1, 0.15) is 44.7 Å². The van der Waals surface area contributed by atoms with E-state index in [1.807, 2.05) is 12.1 Å². The fourth-order valence-corrected chi connectivity index (χ4v) is 2.13. The van der Waals surface area contributed by atoms with Crippen LogP contribution < -0.4 is 10.6 Å². The molecule has 3 nitrogen and oxygen atoms in total. The lowest BCUT2D eigenvalue weighted by Crippen LogP contribution is -2.29. The van der Waals surface area contributed by atoms with E-state index in [0.717, 1.165) is 25.8 Å². The first-order valence-electron chi connectivity index (χ1n) is 6.94. The van der Waals surface area contributed by atoms with Gasteiger partial charge in [-0.2, -0.15) is 0 Å². The smallest absolute Gasteiger partial charge is 0.0606 e. The fourth-order valence-electron chi connectivity index (χ4n) is 2.13. The second kappa shape index (κ2) is 8.11. The van der Waals surface area contributed by atoms with Crippen molar-refractivity contribution in [3.05, 3.63) is 29.8 Å². The summed E-state index contributed by atoms with van der Waals surface area (Å²) in [4.78, 5) is 2.24. The monoisotopic (exact) mass is 250 g/mol. The summed E-state index contributed by atoms with van der Waals surface area (Å²) in [7, 11) is 0. The van der Waals surface area contributed by atoms with Gasteiger partial charge in [0.2, 0.25) is 0 Å². The summed E-state index contributed by atoms with van der Waals surface area (Å²) in [5.74, 6) is 0. The molecule has 0 aliphatic carbocycles. The molecule has 0 saturated heterocycles. The van der Waals surface area contributed by atoms with Gasteiger partial charge in [-0.1, -0.05) is 38.5 Å². The number of aliphatic hydroxyl groups excluding tert-OH is 1. The Morgan fingerprint density at radius 2 is 1.94 bits per heavy atom. The number of anilines is 1. The summed E-state index contributed by atoms with van der Waals surface area (Å²) in [6.07, 6.45) is 3.22. The Labute approximate surface area is 111 Å². The van der Waals surface area contributed by atoms with Crippen molar-refractivity contribution in [2.75, 3.05) is 24.6 Å². The van der Waals surface area contributed by atoms with Crippen LogP contribution in [0.3, 0.4) is 0 Å². The van der Waals surface area contributed by atoms with E-state index in [2.05, 4.69) is 30.9 Å². The molecule has 0 saturated carbocycles. The molecular formula is C15H26N2O. The van der Waals surface area contributed by atoms with Gasteiger partial charge < -0.3 is 15.7 Å². The van der Waals surface area contributed by atoms with E-state index in [9.17, 15) is 5.11 Å². The molecule has 3 heteroatoms. The highest BCUT2D eigenvalue weighted by atomic mass is 16.3. The van der Waals surface area contributed by atoms with Crippen molar-refractivity contribution in [2.45, 2.75) is 39.2 Å². The van der Waals surface area contributed by atoms with Gasteiger partial charge in [0.15, 0.2) is 0 Å². The normalized spacial score (nSPS) is 12.4. The predicted octanol–water partition coefficient (Wildman–Crippen LogP) is 2.70. The van der Waals surface area contributed by atoms with Gasteiger partial charge >= 0.3 is 0 Å². The summed E-state index contributed by atoms with van der Waals surface area (Å²) in [5, 5.41) is 9.21. The third kappa shape index (κ3) is 4.00. The molecule has 3 N–H and O–H groups in total. The second-order valence-electron chi connectivity index (χ2n) is 4.64. The van der Waals surface area contributed by atoms with Crippen molar-refractivity contribution in [1.29, 1.82) is 0 Å². The van der Waals surface area contributed by atoms with Gasteiger partial charge in [0.05, 0.1) is 6.61 Å². The third-order valence-corrected chi connectivity index (χ3v) is 3.27. The van der Waals surface area contributed by atoms with E-state index in [1.54, 1.807) is 0 Å². The first kappa shape index (κ1) is 15.0. The summed E-state index contributed by atoms with van der Waals surface area (Å²) >= 11 is 0. The minimum absolute atomic E-state index is 0.0732.